The van der Waals surface area contributed by atoms with Gasteiger partial charge in [0.05, 0.1) is 19.8 Å². The summed E-state index contributed by atoms with van der Waals surface area (Å²) >= 11 is 6.10. The summed E-state index contributed by atoms with van der Waals surface area (Å²) in [5.74, 6) is 0.574. The number of methoxy groups -OCH3 is 1. The number of hydrogen-bond donors (Lipinski definition) is 1. The molecule has 1 aromatic heterocycles. The van der Waals surface area contributed by atoms with E-state index in [-0.39, 0.29) is 18.2 Å². The molecule has 0 unspecified atom stereocenters. The molecule has 1 fully saturated rings. The van der Waals surface area contributed by atoms with E-state index in [1.54, 1.807) is 13.3 Å². The van der Waals surface area contributed by atoms with Crippen molar-refractivity contribution in [1.29, 1.82) is 0 Å². The number of rotatable bonds is 5. The predicted molar refractivity (Wildman–Crippen MR) is 104 cm³/mol. The van der Waals surface area contributed by atoms with E-state index in [9.17, 15) is 4.79 Å². The summed E-state index contributed by atoms with van der Waals surface area (Å²) in [6.45, 7) is 3.60. The van der Waals surface area contributed by atoms with Gasteiger partial charge in [-0.25, -0.2) is 9.78 Å². The molecule has 1 aromatic carbocycles. The number of aromatic nitrogens is 1. The standard InChI is InChI=1S/C20H24ClN3O3/c1-14-19(16-4-3-5-17(21)13-16)27-11-10-24(14)20(25)23-9-7-15-6-8-22-18(12-15)26-2/h3-6,8,12-14,19H,7,9-11H2,1-2H3,(H,23,25)/t14-,19+/m1/s1. The molecule has 0 aliphatic carbocycles. The maximum absolute atomic E-state index is 12.7. The predicted octanol–water partition coefficient (Wildman–Crippen LogP) is 3.46. The highest BCUT2D eigenvalue weighted by Crippen LogP contribution is 2.29. The van der Waals surface area contributed by atoms with E-state index >= 15 is 0 Å². The summed E-state index contributed by atoms with van der Waals surface area (Å²) in [4.78, 5) is 18.6. The fourth-order valence-corrected chi connectivity index (χ4v) is 3.46. The number of carbonyl (C=O) groups is 1. The molecule has 3 rings (SSSR count). The first kappa shape index (κ1) is 19.5. The summed E-state index contributed by atoms with van der Waals surface area (Å²) in [6.07, 6.45) is 2.23. The number of morpholine rings is 1. The lowest BCUT2D eigenvalue weighted by Crippen LogP contribution is -2.52. The highest BCUT2D eigenvalue weighted by atomic mass is 35.5. The molecule has 144 valence electrons. The van der Waals surface area contributed by atoms with Gasteiger partial charge >= 0.3 is 6.03 Å². The van der Waals surface area contributed by atoms with Crippen molar-refractivity contribution in [3.05, 3.63) is 58.7 Å². The zero-order valence-corrected chi connectivity index (χ0v) is 16.3. The van der Waals surface area contributed by atoms with Gasteiger partial charge < -0.3 is 19.7 Å². The summed E-state index contributed by atoms with van der Waals surface area (Å²) in [7, 11) is 1.59. The first-order valence-electron chi connectivity index (χ1n) is 8.99. The fraction of sp³-hybridized carbons (Fsp3) is 0.400. The Morgan fingerprint density at radius 2 is 2.26 bits per heavy atom. The fourth-order valence-electron chi connectivity index (χ4n) is 3.26. The van der Waals surface area contributed by atoms with Gasteiger partial charge in [-0.3, -0.25) is 0 Å². The second-order valence-electron chi connectivity index (χ2n) is 6.47. The number of halogens is 1. The molecule has 1 saturated heterocycles. The largest absolute Gasteiger partial charge is 0.481 e. The number of carbonyl (C=O) groups excluding carboxylic acids is 1. The molecule has 0 bridgehead atoms. The van der Waals surface area contributed by atoms with Crippen molar-refractivity contribution in [3.63, 3.8) is 0 Å². The number of nitrogens with zero attached hydrogens (tertiary/aromatic N) is 2. The Morgan fingerprint density at radius 3 is 3.04 bits per heavy atom. The number of benzene rings is 1. The Morgan fingerprint density at radius 1 is 1.41 bits per heavy atom. The van der Waals surface area contributed by atoms with Crippen LogP contribution in [0.15, 0.2) is 42.6 Å². The van der Waals surface area contributed by atoms with Crippen LogP contribution < -0.4 is 10.1 Å². The van der Waals surface area contributed by atoms with Gasteiger partial charge in [0.2, 0.25) is 5.88 Å². The molecule has 6 nitrogen and oxygen atoms in total. The van der Waals surface area contributed by atoms with Crippen LogP contribution in [0.5, 0.6) is 5.88 Å². The number of nitrogens with one attached hydrogen (secondary N) is 1. The van der Waals surface area contributed by atoms with Crippen LogP contribution in [0.3, 0.4) is 0 Å². The van der Waals surface area contributed by atoms with E-state index in [1.165, 1.54) is 0 Å². The third-order valence-corrected chi connectivity index (χ3v) is 4.93. The van der Waals surface area contributed by atoms with Crippen molar-refractivity contribution in [1.82, 2.24) is 15.2 Å². The first-order valence-corrected chi connectivity index (χ1v) is 9.36. The van der Waals surface area contributed by atoms with Crippen molar-refractivity contribution < 1.29 is 14.3 Å². The molecule has 2 amide bonds. The molecule has 1 aliphatic rings. The Labute approximate surface area is 164 Å². The monoisotopic (exact) mass is 389 g/mol. The smallest absolute Gasteiger partial charge is 0.317 e. The normalized spacial score (nSPS) is 19.6. The molecule has 0 saturated carbocycles. The molecule has 0 radical (unpaired) electrons. The maximum Gasteiger partial charge on any atom is 0.317 e. The number of urea groups is 1. The molecule has 2 atom stereocenters. The Kier molecular flexibility index (Phi) is 6.53. The zero-order valence-electron chi connectivity index (χ0n) is 15.5. The Hall–Kier alpha value is -2.31. The third kappa shape index (κ3) is 4.90. The topological polar surface area (TPSA) is 63.7 Å². The van der Waals surface area contributed by atoms with Gasteiger partial charge in [-0.15, -0.1) is 0 Å². The molecular weight excluding hydrogens is 366 g/mol. The molecule has 0 spiro atoms. The van der Waals surface area contributed by atoms with Crippen LogP contribution >= 0.6 is 11.6 Å². The average molecular weight is 390 g/mol. The summed E-state index contributed by atoms with van der Waals surface area (Å²) in [6, 6.07) is 11.2. The van der Waals surface area contributed by atoms with Gasteiger partial charge in [0.25, 0.3) is 0 Å². The van der Waals surface area contributed by atoms with Crippen molar-refractivity contribution in [2.45, 2.75) is 25.5 Å². The van der Waals surface area contributed by atoms with E-state index in [2.05, 4.69) is 10.3 Å². The molecule has 2 heterocycles. The van der Waals surface area contributed by atoms with Crippen LogP contribution in [0.2, 0.25) is 5.02 Å². The third-order valence-electron chi connectivity index (χ3n) is 4.70. The molecular formula is C20H24ClN3O3. The van der Waals surface area contributed by atoms with E-state index in [4.69, 9.17) is 21.1 Å². The first-order chi connectivity index (χ1) is 13.1. The SMILES string of the molecule is COc1cc(CCNC(=O)N2CCO[C@H](c3cccc(Cl)c3)[C@H]2C)ccn1. The second kappa shape index (κ2) is 9.06. The van der Waals surface area contributed by atoms with Gasteiger partial charge in [0, 0.05) is 30.4 Å². The molecule has 27 heavy (non-hydrogen) atoms. The lowest BCUT2D eigenvalue weighted by molar-refractivity contribution is -0.0497. The minimum absolute atomic E-state index is 0.0844. The summed E-state index contributed by atoms with van der Waals surface area (Å²) < 4.78 is 11.0. The molecule has 1 N–H and O–H groups in total. The molecule has 2 aromatic rings. The van der Waals surface area contributed by atoms with Crippen LogP contribution in [0.25, 0.3) is 0 Å². The lowest BCUT2D eigenvalue weighted by Gasteiger charge is -2.39. The van der Waals surface area contributed by atoms with Crippen LogP contribution in [0.4, 0.5) is 4.79 Å². The van der Waals surface area contributed by atoms with Crippen LogP contribution in [-0.4, -0.2) is 48.8 Å². The summed E-state index contributed by atoms with van der Waals surface area (Å²) in [5, 5.41) is 3.66. The minimum Gasteiger partial charge on any atom is -0.481 e. The van der Waals surface area contributed by atoms with Gasteiger partial charge in [0.15, 0.2) is 0 Å². The minimum atomic E-state index is -0.187. The van der Waals surface area contributed by atoms with Gasteiger partial charge in [-0.2, -0.15) is 0 Å². The van der Waals surface area contributed by atoms with E-state index in [1.807, 2.05) is 48.2 Å². The molecule has 1 aliphatic heterocycles. The number of hydrogen-bond acceptors (Lipinski definition) is 4. The van der Waals surface area contributed by atoms with Crippen molar-refractivity contribution >= 4 is 17.6 Å². The van der Waals surface area contributed by atoms with E-state index < -0.39 is 0 Å². The Balaban J connectivity index is 1.57. The highest BCUT2D eigenvalue weighted by molar-refractivity contribution is 6.30. The van der Waals surface area contributed by atoms with Gasteiger partial charge in [0.1, 0.15) is 6.10 Å². The molecule has 7 heteroatoms. The average Bonchev–Trinajstić information content (AvgIpc) is 2.68. The van der Waals surface area contributed by atoms with Crippen molar-refractivity contribution in [2.24, 2.45) is 0 Å². The van der Waals surface area contributed by atoms with Gasteiger partial charge in [-0.1, -0.05) is 23.7 Å². The quantitative estimate of drug-likeness (QED) is 0.850. The van der Waals surface area contributed by atoms with Crippen LogP contribution in [0.1, 0.15) is 24.2 Å². The zero-order chi connectivity index (χ0) is 19.2. The van der Waals surface area contributed by atoms with Gasteiger partial charge in [-0.05, 0) is 42.7 Å². The van der Waals surface area contributed by atoms with Crippen molar-refractivity contribution in [2.75, 3.05) is 26.8 Å². The van der Waals surface area contributed by atoms with Crippen molar-refractivity contribution in [3.8, 4) is 5.88 Å². The maximum atomic E-state index is 12.7. The van der Waals surface area contributed by atoms with Crippen LogP contribution in [-0.2, 0) is 11.2 Å². The number of ether oxygens (including phenoxy) is 2. The highest BCUT2D eigenvalue weighted by Gasteiger charge is 2.32. The summed E-state index contributed by atoms with van der Waals surface area (Å²) in [5.41, 5.74) is 2.05. The Bertz CT molecular complexity index is 787. The number of amides is 2. The number of pyridine rings is 1. The lowest BCUT2D eigenvalue weighted by atomic mass is 10.0. The second-order valence-corrected chi connectivity index (χ2v) is 6.91. The van der Waals surface area contributed by atoms with E-state index in [0.29, 0.717) is 37.0 Å². The van der Waals surface area contributed by atoms with Crippen LogP contribution in [0, 0.1) is 0 Å². The van der Waals surface area contributed by atoms with E-state index in [0.717, 1.165) is 11.1 Å².